The third-order valence-corrected chi connectivity index (χ3v) is 3.68. The predicted octanol–water partition coefficient (Wildman–Crippen LogP) is 5.10. The fourth-order valence-electron chi connectivity index (χ4n) is 2.48. The minimum absolute atomic E-state index is 0.424. The van der Waals surface area contributed by atoms with Gasteiger partial charge in [-0.05, 0) is 54.8 Å². The zero-order valence-electron chi connectivity index (χ0n) is 13.2. The maximum Gasteiger partial charge on any atom is 0.127 e. The van der Waals surface area contributed by atoms with Crippen molar-refractivity contribution >= 4 is 0 Å². The van der Waals surface area contributed by atoms with Gasteiger partial charge in [0.2, 0.25) is 0 Å². The Hall–Kier alpha value is -1.80. The molecule has 2 rings (SSSR count). The molecule has 1 unspecified atom stereocenters. The first-order valence-electron chi connectivity index (χ1n) is 7.87. The Kier molecular flexibility index (Phi) is 5.82. The predicted molar refractivity (Wildman–Crippen MR) is 89.0 cm³/mol. The molecule has 0 saturated carbocycles. The molecule has 0 saturated heterocycles. The van der Waals surface area contributed by atoms with Gasteiger partial charge in [-0.25, -0.2) is 0 Å². The molecular weight excluding hydrogens is 258 g/mol. The average molecular weight is 283 g/mol. The molecule has 0 aliphatic heterocycles. The van der Waals surface area contributed by atoms with Gasteiger partial charge in [-0.3, -0.25) is 0 Å². The summed E-state index contributed by atoms with van der Waals surface area (Å²) in [5.41, 5.74) is 2.61. The number of aryl methyl sites for hydroxylation is 1. The van der Waals surface area contributed by atoms with Crippen molar-refractivity contribution in [3.05, 3.63) is 59.7 Å². The van der Waals surface area contributed by atoms with Crippen LogP contribution in [0.2, 0.25) is 0 Å². The molecule has 21 heavy (non-hydrogen) atoms. The summed E-state index contributed by atoms with van der Waals surface area (Å²) in [6.07, 6.45) is 2.11. The van der Waals surface area contributed by atoms with Crippen LogP contribution in [0.5, 0.6) is 11.5 Å². The van der Waals surface area contributed by atoms with E-state index in [1.165, 1.54) is 11.1 Å². The van der Waals surface area contributed by atoms with Gasteiger partial charge in [0, 0.05) is 6.04 Å². The maximum atomic E-state index is 5.93. The van der Waals surface area contributed by atoms with E-state index in [0.717, 1.165) is 30.9 Å². The van der Waals surface area contributed by atoms with Gasteiger partial charge < -0.3 is 10.1 Å². The summed E-state index contributed by atoms with van der Waals surface area (Å²) >= 11 is 0. The van der Waals surface area contributed by atoms with E-state index in [1.807, 2.05) is 24.3 Å². The van der Waals surface area contributed by atoms with E-state index in [0.29, 0.717) is 6.04 Å². The van der Waals surface area contributed by atoms with Crippen molar-refractivity contribution in [2.45, 2.75) is 39.7 Å². The van der Waals surface area contributed by atoms with Crippen molar-refractivity contribution < 1.29 is 4.74 Å². The van der Waals surface area contributed by atoms with Gasteiger partial charge in [0.15, 0.2) is 0 Å². The van der Waals surface area contributed by atoms with Crippen LogP contribution in [0, 0.1) is 0 Å². The smallest absolute Gasteiger partial charge is 0.127 e. The van der Waals surface area contributed by atoms with Gasteiger partial charge in [-0.15, -0.1) is 0 Å². The van der Waals surface area contributed by atoms with Gasteiger partial charge in [0.05, 0.1) is 0 Å². The molecule has 0 heterocycles. The normalized spacial score (nSPS) is 12.1. The molecule has 1 N–H and O–H groups in total. The highest BCUT2D eigenvalue weighted by atomic mass is 16.5. The van der Waals surface area contributed by atoms with Crippen LogP contribution >= 0.6 is 0 Å². The molecule has 0 aliphatic carbocycles. The topological polar surface area (TPSA) is 21.3 Å². The van der Waals surface area contributed by atoms with Crippen molar-refractivity contribution in [3.8, 4) is 11.5 Å². The van der Waals surface area contributed by atoms with Crippen molar-refractivity contribution in [2.75, 3.05) is 6.54 Å². The number of benzene rings is 2. The first-order valence-corrected chi connectivity index (χ1v) is 7.87. The highest BCUT2D eigenvalue weighted by Crippen LogP contribution is 2.25. The van der Waals surface area contributed by atoms with Gasteiger partial charge in [-0.2, -0.15) is 0 Å². The molecule has 2 aromatic carbocycles. The third-order valence-electron chi connectivity index (χ3n) is 3.68. The van der Waals surface area contributed by atoms with E-state index >= 15 is 0 Å². The Morgan fingerprint density at radius 3 is 2.33 bits per heavy atom. The lowest BCUT2D eigenvalue weighted by Gasteiger charge is -2.16. The molecule has 0 amide bonds. The lowest BCUT2D eigenvalue weighted by atomic mass is 10.0. The molecule has 0 fully saturated rings. The maximum absolute atomic E-state index is 5.93. The molecule has 2 heteroatoms. The monoisotopic (exact) mass is 283 g/mol. The zero-order chi connectivity index (χ0) is 15.1. The Bertz CT molecular complexity index is 548. The molecule has 1 atom stereocenters. The van der Waals surface area contributed by atoms with E-state index < -0.39 is 0 Å². The molecular formula is C19H25NO. The zero-order valence-corrected chi connectivity index (χ0v) is 13.2. The summed E-state index contributed by atoms with van der Waals surface area (Å²) in [4.78, 5) is 0. The van der Waals surface area contributed by atoms with Crippen LogP contribution in [0.15, 0.2) is 48.5 Å². The number of hydrogen-bond acceptors (Lipinski definition) is 2. The minimum Gasteiger partial charge on any atom is -0.457 e. The number of rotatable bonds is 7. The summed E-state index contributed by atoms with van der Waals surface area (Å²) in [7, 11) is 0. The van der Waals surface area contributed by atoms with Gasteiger partial charge in [0.25, 0.3) is 0 Å². The highest BCUT2D eigenvalue weighted by molar-refractivity contribution is 5.35. The van der Waals surface area contributed by atoms with Crippen molar-refractivity contribution in [1.82, 2.24) is 5.32 Å². The quantitative estimate of drug-likeness (QED) is 0.763. The van der Waals surface area contributed by atoms with Gasteiger partial charge in [-0.1, -0.05) is 45.0 Å². The van der Waals surface area contributed by atoms with Crippen LogP contribution in [0.1, 0.15) is 44.4 Å². The second-order valence-corrected chi connectivity index (χ2v) is 5.19. The van der Waals surface area contributed by atoms with Gasteiger partial charge in [0.1, 0.15) is 11.5 Å². The minimum atomic E-state index is 0.424. The fraction of sp³-hybridized carbons (Fsp3) is 0.368. The molecule has 0 radical (unpaired) electrons. The summed E-state index contributed by atoms with van der Waals surface area (Å²) in [5.74, 6) is 1.79. The second kappa shape index (κ2) is 7.84. The van der Waals surface area contributed by atoms with Crippen LogP contribution in [-0.2, 0) is 6.42 Å². The molecule has 2 nitrogen and oxygen atoms in total. The Morgan fingerprint density at radius 1 is 0.952 bits per heavy atom. The van der Waals surface area contributed by atoms with Crippen molar-refractivity contribution in [3.63, 3.8) is 0 Å². The van der Waals surface area contributed by atoms with Crippen LogP contribution in [-0.4, -0.2) is 6.54 Å². The van der Waals surface area contributed by atoms with Crippen LogP contribution < -0.4 is 10.1 Å². The molecule has 0 aromatic heterocycles. The van der Waals surface area contributed by atoms with Crippen LogP contribution in [0.3, 0.4) is 0 Å². The van der Waals surface area contributed by atoms with Crippen LogP contribution in [0.4, 0.5) is 0 Å². The van der Waals surface area contributed by atoms with E-state index in [2.05, 4.69) is 50.4 Å². The fourth-order valence-corrected chi connectivity index (χ4v) is 2.48. The van der Waals surface area contributed by atoms with E-state index in [9.17, 15) is 0 Å². The van der Waals surface area contributed by atoms with E-state index in [1.54, 1.807) is 0 Å². The van der Waals surface area contributed by atoms with E-state index in [-0.39, 0.29) is 0 Å². The lowest BCUT2D eigenvalue weighted by Crippen LogP contribution is -2.19. The standard InChI is InChI=1S/C19H25NO/c1-4-15-8-7-9-18(14-15)21-17-12-10-16(11-13-17)19(5-2)20-6-3/h7-14,19-20H,4-6H2,1-3H3. The summed E-state index contributed by atoms with van der Waals surface area (Å²) < 4.78 is 5.93. The average Bonchev–Trinajstić information content (AvgIpc) is 2.54. The summed E-state index contributed by atoms with van der Waals surface area (Å²) in [5, 5.41) is 3.49. The van der Waals surface area contributed by atoms with Crippen molar-refractivity contribution in [2.24, 2.45) is 0 Å². The van der Waals surface area contributed by atoms with E-state index in [4.69, 9.17) is 4.74 Å². The van der Waals surface area contributed by atoms with Crippen LogP contribution in [0.25, 0.3) is 0 Å². The molecule has 112 valence electrons. The Morgan fingerprint density at radius 2 is 1.71 bits per heavy atom. The third kappa shape index (κ3) is 4.33. The Labute approximate surface area is 128 Å². The number of ether oxygens (including phenoxy) is 1. The van der Waals surface area contributed by atoms with Gasteiger partial charge >= 0.3 is 0 Å². The SMILES string of the molecule is CCNC(CC)c1ccc(Oc2cccc(CC)c2)cc1. The molecule has 2 aromatic rings. The summed E-state index contributed by atoms with van der Waals surface area (Å²) in [6, 6.07) is 17.1. The number of nitrogens with one attached hydrogen (secondary N) is 1. The largest absolute Gasteiger partial charge is 0.457 e. The first kappa shape index (κ1) is 15.6. The molecule has 0 spiro atoms. The first-order chi connectivity index (χ1) is 10.3. The highest BCUT2D eigenvalue weighted by Gasteiger charge is 2.07. The number of hydrogen-bond donors (Lipinski definition) is 1. The summed E-state index contributed by atoms with van der Waals surface area (Å²) in [6.45, 7) is 7.48. The Balaban J connectivity index is 2.08. The lowest BCUT2D eigenvalue weighted by molar-refractivity contribution is 0.480. The van der Waals surface area contributed by atoms with Crippen molar-refractivity contribution in [1.29, 1.82) is 0 Å². The molecule has 0 bridgehead atoms. The molecule has 0 aliphatic rings. The second-order valence-electron chi connectivity index (χ2n) is 5.19.